The van der Waals surface area contributed by atoms with Crippen molar-refractivity contribution >= 4 is 48.6 Å². The van der Waals surface area contributed by atoms with Gasteiger partial charge in [0.2, 0.25) is 0 Å². The van der Waals surface area contributed by atoms with Crippen LogP contribution < -0.4 is 16.0 Å². The second-order valence-electron chi connectivity index (χ2n) is 7.83. The molecule has 1 aliphatic rings. The summed E-state index contributed by atoms with van der Waals surface area (Å²) in [6, 6.07) is 31.2. The highest BCUT2D eigenvalue weighted by molar-refractivity contribution is 7.25. The van der Waals surface area contributed by atoms with Crippen LogP contribution in [0, 0.1) is 0 Å². The number of thiophene rings is 1. The summed E-state index contributed by atoms with van der Waals surface area (Å²) in [7, 11) is 0. The molecule has 0 aliphatic carbocycles. The molecule has 3 heterocycles. The molecule has 1 aliphatic heterocycles. The van der Waals surface area contributed by atoms with E-state index in [2.05, 4.69) is 80.0 Å². The number of aromatic nitrogens is 4. The van der Waals surface area contributed by atoms with E-state index in [9.17, 15) is 0 Å². The van der Waals surface area contributed by atoms with Crippen molar-refractivity contribution in [3.63, 3.8) is 0 Å². The summed E-state index contributed by atoms with van der Waals surface area (Å²) in [5.41, 5.74) is 11.6. The zero-order chi connectivity index (χ0) is 21.8. The fourth-order valence-electron chi connectivity index (χ4n) is 4.31. The Bertz CT molecular complexity index is 1640. The Kier molecular flexibility index (Phi) is 3.95. The van der Waals surface area contributed by atoms with Gasteiger partial charge in [-0.3, -0.25) is 5.01 Å². The summed E-state index contributed by atoms with van der Waals surface area (Å²) in [5, 5.41) is 16.9. The maximum absolute atomic E-state index is 4.32. The van der Waals surface area contributed by atoms with Gasteiger partial charge in [0.15, 0.2) is 5.82 Å². The maximum atomic E-state index is 4.32. The number of nitrogens with one attached hydrogen (secondary N) is 2. The monoisotopic (exact) mass is 447 g/mol. The topological polar surface area (TPSA) is 70.9 Å². The van der Waals surface area contributed by atoms with Gasteiger partial charge in [-0.15, -0.1) is 22.0 Å². The molecular weight excluding hydrogens is 430 g/mol. The first-order chi connectivity index (χ1) is 16.3. The van der Waals surface area contributed by atoms with Crippen LogP contribution in [0.15, 0.2) is 91.0 Å². The molecule has 7 nitrogen and oxygen atoms in total. The van der Waals surface area contributed by atoms with E-state index < -0.39 is 0 Å². The van der Waals surface area contributed by atoms with Gasteiger partial charge in [-0.05, 0) is 71.1 Å². The minimum absolute atomic E-state index is 0.720. The van der Waals surface area contributed by atoms with Gasteiger partial charge in [0, 0.05) is 25.7 Å². The third-order valence-corrected chi connectivity index (χ3v) is 7.04. The zero-order valence-electron chi connectivity index (χ0n) is 17.3. The van der Waals surface area contributed by atoms with Gasteiger partial charge in [0.1, 0.15) is 0 Å². The lowest BCUT2D eigenvalue weighted by atomic mass is 10.1. The molecule has 0 bridgehead atoms. The predicted octanol–water partition coefficient (Wildman–Crippen LogP) is 5.68. The van der Waals surface area contributed by atoms with Crippen molar-refractivity contribution in [2.24, 2.45) is 0 Å². The number of hydrazine groups is 2. The molecule has 7 rings (SSSR count). The summed E-state index contributed by atoms with van der Waals surface area (Å²) in [6.07, 6.45) is 0. The number of tetrazole rings is 1. The van der Waals surface area contributed by atoms with E-state index in [0.717, 1.165) is 34.1 Å². The standard InChI is InChI=1S/C25H17N7S/c1-2-6-17(7-3-1)32-25(27-28-30-32)16-10-12-23-19(14-16)20-15-18(11-13-24(20)33-23)31-22-9-5-4-8-21(22)26-29-31/h1-15,26,29H. The van der Waals surface area contributed by atoms with Crippen LogP contribution in [0.2, 0.25) is 0 Å². The Hall–Kier alpha value is -4.27. The molecule has 158 valence electrons. The quantitative estimate of drug-likeness (QED) is 0.364. The van der Waals surface area contributed by atoms with E-state index in [1.165, 1.54) is 20.2 Å². The highest BCUT2D eigenvalue weighted by atomic mass is 32.1. The van der Waals surface area contributed by atoms with Crippen LogP contribution in [0.3, 0.4) is 0 Å². The van der Waals surface area contributed by atoms with Gasteiger partial charge in [-0.25, -0.2) is 0 Å². The van der Waals surface area contributed by atoms with Gasteiger partial charge in [0.25, 0.3) is 0 Å². The van der Waals surface area contributed by atoms with Crippen LogP contribution in [-0.4, -0.2) is 20.2 Å². The third-order valence-electron chi connectivity index (χ3n) is 5.89. The maximum Gasteiger partial charge on any atom is 0.187 e. The van der Waals surface area contributed by atoms with Gasteiger partial charge >= 0.3 is 0 Å². The molecule has 0 saturated carbocycles. The van der Waals surface area contributed by atoms with Crippen molar-refractivity contribution in [3.05, 3.63) is 91.0 Å². The minimum atomic E-state index is 0.720. The van der Waals surface area contributed by atoms with Gasteiger partial charge in [-0.2, -0.15) is 4.68 Å². The van der Waals surface area contributed by atoms with Crippen LogP contribution >= 0.6 is 11.3 Å². The molecule has 8 heteroatoms. The smallest absolute Gasteiger partial charge is 0.187 e. The number of anilines is 3. The van der Waals surface area contributed by atoms with Gasteiger partial charge < -0.3 is 5.43 Å². The molecule has 0 amide bonds. The van der Waals surface area contributed by atoms with Crippen LogP contribution in [0.5, 0.6) is 0 Å². The molecular formula is C25H17N7S. The van der Waals surface area contributed by atoms with E-state index in [-0.39, 0.29) is 0 Å². The van der Waals surface area contributed by atoms with E-state index in [1.54, 1.807) is 16.0 Å². The van der Waals surface area contributed by atoms with E-state index in [0.29, 0.717) is 0 Å². The number of fused-ring (bicyclic) bond motifs is 4. The summed E-state index contributed by atoms with van der Waals surface area (Å²) in [6.45, 7) is 0. The molecule has 0 unspecified atom stereocenters. The Morgan fingerprint density at radius 3 is 2.42 bits per heavy atom. The normalized spacial score (nSPS) is 12.9. The van der Waals surface area contributed by atoms with Crippen LogP contribution in [0.4, 0.5) is 17.1 Å². The Labute approximate surface area is 192 Å². The number of nitrogens with zero attached hydrogens (tertiary/aromatic N) is 5. The van der Waals surface area contributed by atoms with Crippen molar-refractivity contribution in [1.29, 1.82) is 0 Å². The summed E-state index contributed by atoms with van der Waals surface area (Å²) >= 11 is 1.79. The van der Waals surface area contributed by atoms with Gasteiger partial charge in [-0.1, -0.05) is 30.3 Å². The van der Waals surface area contributed by atoms with Crippen molar-refractivity contribution in [1.82, 2.24) is 25.7 Å². The average molecular weight is 448 g/mol. The molecule has 6 aromatic rings. The molecule has 2 N–H and O–H groups in total. The van der Waals surface area contributed by atoms with Crippen LogP contribution in [-0.2, 0) is 0 Å². The largest absolute Gasteiger partial charge is 0.301 e. The summed E-state index contributed by atoms with van der Waals surface area (Å²) < 4.78 is 4.25. The highest BCUT2D eigenvalue weighted by Crippen LogP contribution is 2.40. The Morgan fingerprint density at radius 1 is 0.727 bits per heavy atom. The predicted molar refractivity (Wildman–Crippen MR) is 133 cm³/mol. The van der Waals surface area contributed by atoms with Crippen LogP contribution in [0.25, 0.3) is 37.2 Å². The Morgan fingerprint density at radius 2 is 1.52 bits per heavy atom. The molecule has 0 saturated heterocycles. The number of hydrogen-bond donors (Lipinski definition) is 2. The second kappa shape index (κ2) is 7.13. The first kappa shape index (κ1) is 18.3. The summed E-state index contributed by atoms with van der Waals surface area (Å²) in [4.78, 5) is 0. The zero-order valence-corrected chi connectivity index (χ0v) is 18.1. The fraction of sp³-hybridized carbons (Fsp3) is 0. The van der Waals surface area contributed by atoms with E-state index in [4.69, 9.17) is 0 Å². The molecule has 2 aromatic heterocycles. The molecule has 33 heavy (non-hydrogen) atoms. The van der Waals surface area contributed by atoms with Crippen molar-refractivity contribution in [2.75, 3.05) is 10.4 Å². The van der Waals surface area contributed by atoms with Crippen molar-refractivity contribution in [2.45, 2.75) is 0 Å². The number of hydrogen-bond acceptors (Lipinski definition) is 7. The first-order valence-electron chi connectivity index (χ1n) is 10.6. The lowest BCUT2D eigenvalue weighted by Crippen LogP contribution is -2.31. The SMILES string of the molecule is c1ccc(-n2nnnc2-c2ccc3sc4ccc(N5NNc6ccccc65)cc4c3c2)cc1. The highest BCUT2D eigenvalue weighted by Gasteiger charge is 2.20. The first-order valence-corrected chi connectivity index (χ1v) is 11.4. The number of para-hydroxylation sites is 3. The van der Waals surface area contributed by atoms with Crippen molar-refractivity contribution in [3.8, 4) is 17.1 Å². The lowest BCUT2D eigenvalue weighted by Gasteiger charge is -2.18. The Balaban J connectivity index is 1.36. The van der Waals surface area contributed by atoms with E-state index in [1.807, 2.05) is 42.5 Å². The molecule has 0 radical (unpaired) electrons. The van der Waals surface area contributed by atoms with E-state index >= 15 is 0 Å². The third kappa shape index (κ3) is 2.89. The minimum Gasteiger partial charge on any atom is -0.301 e. The molecule has 4 aromatic carbocycles. The second-order valence-corrected chi connectivity index (χ2v) is 8.92. The van der Waals surface area contributed by atoms with Crippen LogP contribution in [0.1, 0.15) is 0 Å². The molecule has 0 atom stereocenters. The lowest BCUT2D eigenvalue weighted by molar-refractivity contribution is 0.791. The fourth-order valence-corrected chi connectivity index (χ4v) is 5.37. The van der Waals surface area contributed by atoms with Gasteiger partial charge in [0.05, 0.1) is 22.7 Å². The number of benzene rings is 4. The van der Waals surface area contributed by atoms with Crippen molar-refractivity contribution < 1.29 is 0 Å². The molecule has 0 fully saturated rings. The molecule has 0 spiro atoms. The average Bonchev–Trinajstić information content (AvgIpc) is 3.60. The number of rotatable bonds is 3. The summed E-state index contributed by atoms with van der Waals surface area (Å²) in [5.74, 6) is 0.720.